The van der Waals surface area contributed by atoms with Gasteiger partial charge in [-0.25, -0.2) is 4.79 Å². The fourth-order valence-electron chi connectivity index (χ4n) is 3.56. The lowest BCUT2D eigenvalue weighted by Crippen LogP contribution is -2.20. The summed E-state index contributed by atoms with van der Waals surface area (Å²) < 4.78 is 59.4. The van der Waals surface area contributed by atoms with Crippen molar-refractivity contribution in [2.75, 3.05) is 132 Å². The van der Waals surface area contributed by atoms with Crippen LogP contribution >= 0.6 is 0 Å². The summed E-state index contributed by atoms with van der Waals surface area (Å²) in [6.45, 7) is 8.66. The summed E-state index contributed by atoms with van der Waals surface area (Å²) in [5.74, 6) is -0.736. The average Bonchev–Trinajstić information content (AvgIpc) is 3.11. The van der Waals surface area contributed by atoms with Crippen LogP contribution in [-0.2, 0) is 52.2 Å². The molecule has 0 N–H and O–H groups in total. The molecule has 0 radical (unpaired) electrons. The predicted octanol–water partition coefficient (Wildman–Crippen LogP) is 2.64. The van der Waals surface area contributed by atoms with E-state index in [4.69, 9.17) is 52.1 Å². The Labute approximate surface area is 277 Å². The molecular weight excluding hydrogens is 616 g/mol. The second-order valence-electron chi connectivity index (χ2n) is 9.50. The van der Waals surface area contributed by atoms with Crippen molar-refractivity contribution in [3.8, 4) is 5.75 Å². The largest absolute Gasteiger partial charge is 0.491 e. The highest BCUT2D eigenvalue weighted by atomic mass is 16.6. The third kappa shape index (κ3) is 23.9. The van der Waals surface area contributed by atoms with Gasteiger partial charge in [0.25, 0.3) is 5.78 Å². The minimum Gasteiger partial charge on any atom is -0.491 e. The van der Waals surface area contributed by atoms with E-state index in [1.165, 1.54) is 0 Å². The maximum absolute atomic E-state index is 11.9. The minimum absolute atomic E-state index is 0.00224. The molecule has 0 amide bonds. The first-order chi connectivity index (χ1) is 23.3. The van der Waals surface area contributed by atoms with Crippen LogP contribution in [0.4, 0.5) is 0 Å². The van der Waals surface area contributed by atoms with Crippen LogP contribution in [0.1, 0.15) is 10.4 Å². The van der Waals surface area contributed by atoms with Crippen molar-refractivity contribution >= 4 is 11.8 Å². The Balaban J connectivity index is 1.17. The Hall–Kier alpha value is -2.98. The number of ketones is 1. The zero-order chi connectivity index (χ0) is 33.3. The molecule has 264 valence electrons. The number of benzene rings is 2. The maximum atomic E-state index is 11.9. The molecule has 0 atom stereocenters. The summed E-state index contributed by atoms with van der Waals surface area (Å²) >= 11 is 0. The molecule has 0 spiro atoms. The molecule has 0 fully saturated rings. The topological polar surface area (TPSA) is 136 Å². The highest BCUT2D eigenvalue weighted by Gasteiger charge is 2.17. The summed E-state index contributed by atoms with van der Waals surface area (Å²) in [6.07, 6.45) is 0. The Morgan fingerprint density at radius 2 is 0.660 bits per heavy atom. The molecule has 2 rings (SSSR count). The number of hydrogen-bond donors (Lipinski definition) is 0. The fourth-order valence-corrected chi connectivity index (χ4v) is 3.56. The van der Waals surface area contributed by atoms with E-state index >= 15 is 0 Å². The molecule has 47 heavy (non-hydrogen) atoms. The molecule has 0 aliphatic heterocycles. The van der Waals surface area contributed by atoms with Gasteiger partial charge in [-0.3, -0.25) is 4.79 Å². The number of Topliss-reactive ketones (excluding diaryl/α,β-unsaturated/α-hetero) is 1. The smallest absolute Gasteiger partial charge is 0.379 e. The van der Waals surface area contributed by atoms with E-state index in [0.29, 0.717) is 124 Å². The van der Waals surface area contributed by atoms with E-state index in [-0.39, 0.29) is 13.2 Å². The molecule has 0 aromatic heterocycles. The van der Waals surface area contributed by atoms with Crippen LogP contribution in [0.3, 0.4) is 0 Å². The maximum Gasteiger partial charge on any atom is 0.379 e. The molecule has 13 nitrogen and oxygen atoms in total. The van der Waals surface area contributed by atoms with Gasteiger partial charge in [0.05, 0.1) is 119 Å². The summed E-state index contributed by atoms with van der Waals surface area (Å²) in [5, 5.41) is 0. The lowest BCUT2D eigenvalue weighted by molar-refractivity contribution is -0.139. The van der Waals surface area contributed by atoms with E-state index < -0.39 is 11.8 Å². The summed E-state index contributed by atoms with van der Waals surface area (Å²) in [4.78, 5) is 23.6. The molecule has 0 bridgehead atoms. The van der Waals surface area contributed by atoms with Crippen LogP contribution in [-0.4, -0.2) is 144 Å². The van der Waals surface area contributed by atoms with E-state index in [1.807, 2.05) is 30.3 Å². The van der Waals surface area contributed by atoms with Crippen molar-refractivity contribution in [3.63, 3.8) is 0 Å². The standard InChI is InChI=1S/C34H50O13/c35-33(31-7-3-1-4-8-31)34(36)47-30-28-45-26-24-43-22-20-41-18-16-39-14-12-37-11-13-38-15-17-40-19-21-42-23-25-44-27-29-46-32-9-5-2-6-10-32/h1-10H,11-30H2. The quantitative estimate of drug-likeness (QED) is 0.0479. The van der Waals surface area contributed by atoms with Crippen LogP contribution in [0.15, 0.2) is 60.7 Å². The van der Waals surface area contributed by atoms with Gasteiger partial charge in [0.1, 0.15) is 19.0 Å². The zero-order valence-electron chi connectivity index (χ0n) is 27.2. The van der Waals surface area contributed by atoms with Crippen molar-refractivity contribution in [1.29, 1.82) is 0 Å². The number of esters is 1. The molecule has 0 aliphatic carbocycles. The molecule has 2 aromatic carbocycles. The van der Waals surface area contributed by atoms with Crippen LogP contribution in [0.2, 0.25) is 0 Å². The van der Waals surface area contributed by atoms with Crippen molar-refractivity contribution in [3.05, 3.63) is 66.2 Å². The van der Waals surface area contributed by atoms with E-state index in [1.54, 1.807) is 30.3 Å². The van der Waals surface area contributed by atoms with E-state index in [0.717, 1.165) is 5.75 Å². The SMILES string of the molecule is O=C(OCCOCCOCCOCCOCCOCCOCCOCCOCCOCCOc1ccccc1)C(=O)c1ccccc1. The van der Waals surface area contributed by atoms with Crippen LogP contribution in [0, 0.1) is 0 Å². The normalized spacial score (nSPS) is 11.1. The molecule has 0 heterocycles. The number of para-hydroxylation sites is 1. The Bertz CT molecular complexity index is 994. The first-order valence-corrected chi connectivity index (χ1v) is 15.9. The number of carbonyl (C=O) groups excluding carboxylic acids is 2. The fraction of sp³-hybridized carbons (Fsp3) is 0.588. The van der Waals surface area contributed by atoms with Crippen molar-refractivity contribution in [2.24, 2.45) is 0 Å². The van der Waals surface area contributed by atoms with Crippen molar-refractivity contribution in [2.45, 2.75) is 0 Å². The highest BCUT2D eigenvalue weighted by Crippen LogP contribution is 2.07. The van der Waals surface area contributed by atoms with E-state index in [9.17, 15) is 9.59 Å². The predicted molar refractivity (Wildman–Crippen MR) is 171 cm³/mol. The van der Waals surface area contributed by atoms with Gasteiger partial charge in [-0.1, -0.05) is 48.5 Å². The Morgan fingerprint density at radius 1 is 0.362 bits per heavy atom. The van der Waals surface area contributed by atoms with Gasteiger partial charge in [-0.2, -0.15) is 0 Å². The number of carbonyl (C=O) groups is 2. The third-order valence-electron chi connectivity index (χ3n) is 5.90. The van der Waals surface area contributed by atoms with Gasteiger partial charge in [-0.15, -0.1) is 0 Å². The molecule has 0 unspecified atom stereocenters. The molecule has 0 aliphatic rings. The Kier molecular flexibility index (Phi) is 26.0. The van der Waals surface area contributed by atoms with E-state index in [2.05, 4.69) is 0 Å². The highest BCUT2D eigenvalue weighted by molar-refractivity contribution is 6.40. The van der Waals surface area contributed by atoms with Crippen molar-refractivity contribution < 1.29 is 61.7 Å². The Morgan fingerprint density at radius 3 is 1.02 bits per heavy atom. The lowest BCUT2D eigenvalue weighted by atomic mass is 10.1. The number of hydrogen-bond acceptors (Lipinski definition) is 13. The third-order valence-corrected chi connectivity index (χ3v) is 5.90. The molecule has 13 heteroatoms. The molecular formula is C34H50O13. The second-order valence-corrected chi connectivity index (χ2v) is 9.50. The summed E-state index contributed by atoms with van der Waals surface area (Å²) in [7, 11) is 0. The van der Waals surface area contributed by atoms with Gasteiger partial charge >= 0.3 is 5.97 Å². The van der Waals surface area contributed by atoms with Gasteiger partial charge in [-0.05, 0) is 12.1 Å². The number of ether oxygens (including phenoxy) is 11. The molecule has 0 saturated heterocycles. The second kappa shape index (κ2) is 30.4. The van der Waals surface area contributed by atoms with Crippen LogP contribution in [0.25, 0.3) is 0 Å². The molecule has 2 aromatic rings. The van der Waals surface area contributed by atoms with Gasteiger partial charge < -0.3 is 52.1 Å². The summed E-state index contributed by atoms with van der Waals surface area (Å²) in [5.41, 5.74) is 0.296. The van der Waals surface area contributed by atoms with Gasteiger partial charge in [0, 0.05) is 5.56 Å². The molecule has 0 saturated carbocycles. The lowest BCUT2D eigenvalue weighted by Gasteiger charge is -2.09. The van der Waals surface area contributed by atoms with Gasteiger partial charge in [0.15, 0.2) is 0 Å². The first-order valence-electron chi connectivity index (χ1n) is 15.9. The van der Waals surface area contributed by atoms with Crippen LogP contribution < -0.4 is 4.74 Å². The first kappa shape index (κ1) is 40.2. The number of rotatable bonds is 33. The van der Waals surface area contributed by atoms with Gasteiger partial charge in [0.2, 0.25) is 0 Å². The average molecular weight is 667 g/mol. The van der Waals surface area contributed by atoms with Crippen LogP contribution in [0.5, 0.6) is 5.75 Å². The minimum atomic E-state index is -0.897. The monoisotopic (exact) mass is 666 g/mol. The zero-order valence-corrected chi connectivity index (χ0v) is 27.2. The summed E-state index contributed by atoms with van der Waals surface area (Å²) in [6, 6.07) is 17.9. The van der Waals surface area contributed by atoms with Crippen molar-refractivity contribution in [1.82, 2.24) is 0 Å².